The van der Waals surface area contributed by atoms with Crippen LogP contribution in [0, 0.1) is 5.92 Å². The van der Waals surface area contributed by atoms with Gasteiger partial charge in [0, 0.05) is 18.4 Å². The maximum atomic E-state index is 13.3. The van der Waals surface area contributed by atoms with Gasteiger partial charge in [0.1, 0.15) is 0 Å². The van der Waals surface area contributed by atoms with E-state index in [2.05, 4.69) is 5.32 Å². The van der Waals surface area contributed by atoms with Crippen LogP contribution < -0.4 is 5.32 Å². The number of hydrogen-bond donors (Lipinski definition) is 1. The Labute approximate surface area is 72.5 Å². The van der Waals surface area contributed by atoms with Crippen molar-refractivity contribution in [2.45, 2.75) is 44.6 Å². The Morgan fingerprint density at radius 3 is 2.42 bits per heavy atom. The van der Waals surface area contributed by atoms with Gasteiger partial charge in [-0.3, -0.25) is 0 Å². The Morgan fingerprint density at radius 1 is 1.50 bits per heavy atom. The van der Waals surface area contributed by atoms with Crippen molar-refractivity contribution in [1.82, 2.24) is 5.32 Å². The summed E-state index contributed by atoms with van der Waals surface area (Å²) < 4.78 is 26.5. The lowest BCUT2D eigenvalue weighted by Crippen LogP contribution is -2.39. The zero-order valence-corrected chi connectivity index (χ0v) is 7.74. The van der Waals surface area contributed by atoms with Gasteiger partial charge in [-0.15, -0.1) is 0 Å². The monoisotopic (exact) mass is 177 g/mol. The molecule has 1 aliphatic rings. The highest BCUT2D eigenvalue weighted by atomic mass is 19.3. The Bertz CT molecular complexity index is 143. The number of nitrogens with one attached hydrogen (secondary N) is 1. The minimum Gasteiger partial charge on any atom is -0.317 e. The summed E-state index contributed by atoms with van der Waals surface area (Å²) in [6, 6.07) is -0.0828. The molecule has 1 atom stereocenters. The van der Waals surface area contributed by atoms with E-state index in [-0.39, 0.29) is 18.4 Å². The third-order valence-corrected chi connectivity index (χ3v) is 2.77. The highest BCUT2D eigenvalue weighted by Crippen LogP contribution is 2.42. The van der Waals surface area contributed by atoms with Crippen molar-refractivity contribution in [2.24, 2.45) is 5.92 Å². The largest absolute Gasteiger partial charge is 0.317 e. The SMILES string of the molecule is CNC(C)CC(F)(F)C1CCC1. The molecule has 0 amide bonds. The van der Waals surface area contributed by atoms with Crippen LogP contribution in [-0.2, 0) is 0 Å². The van der Waals surface area contributed by atoms with Crippen LogP contribution >= 0.6 is 0 Å². The summed E-state index contributed by atoms with van der Waals surface area (Å²) in [5.74, 6) is -2.78. The fourth-order valence-electron chi connectivity index (χ4n) is 1.51. The molecule has 0 aliphatic heterocycles. The standard InChI is InChI=1S/C9H17F2N/c1-7(12-2)6-9(10,11)8-4-3-5-8/h7-8,12H,3-6H2,1-2H3. The number of halogens is 2. The van der Waals surface area contributed by atoms with Gasteiger partial charge < -0.3 is 5.32 Å². The lowest BCUT2D eigenvalue weighted by atomic mass is 9.78. The predicted octanol–water partition coefficient (Wildman–Crippen LogP) is 2.42. The first-order valence-electron chi connectivity index (χ1n) is 4.61. The molecule has 0 saturated heterocycles. The normalized spacial score (nSPS) is 22.0. The molecule has 1 N–H and O–H groups in total. The molecule has 1 rings (SSSR count). The third kappa shape index (κ3) is 2.16. The molecule has 1 saturated carbocycles. The van der Waals surface area contributed by atoms with Gasteiger partial charge in [-0.1, -0.05) is 6.42 Å². The molecule has 0 bridgehead atoms. The summed E-state index contributed by atoms with van der Waals surface area (Å²) in [6.07, 6.45) is 2.38. The third-order valence-electron chi connectivity index (χ3n) is 2.77. The summed E-state index contributed by atoms with van der Waals surface area (Å²) >= 11 is 0. The van der Waals surface area contributed by atoms with Crippen molar-refractivity contribution >= 4 is 0 Å². The van der Waals surface area contributed by atoms with Crippen LogP contribution in [0.2, 0.25) is 0 Å². The lowest BCUT2D eigenvalue weighted by Gasteiger charge is -2.34. The highest BCUT2D eigenvalue weighted by molar-refractivity contribution is 4.85. The van der Waals surface area contributed by atoms with Crippen molar-refractivity contribution in [3.63, 3.8) is 0 Å². The molecule has 0 aromatic carbocycles. The fourth-order valence-corrected chi connectivity index (χ4v) is 1.51. The van der Waals surface area contributed by atoms with Gasteiger partial charge >= 0.3 is 0 Å². The average molecular weight is 177 g/mol. The minimum absolute atomic E-state index is 0.0197. The molecule has 1 unspecified atom stereocenters. The van der Waals surface area contributed by atoms with Crippen LogP contribution in [-0.4, -0.2) is 19.0 Å². The number of hydrogen-bond acceptors (Lipinski definition) is 1. The molecular formula is C9H17F2N. The molecular weight excluding hydrogens is 160 g/mol. The Kier molecular flexibility index (Phi) is 3.04. The molecule has 0 radical (unpaired) electrons. The second-order valence-electron chi connectivity index (χ2n) is 3.78. The first kappa shape index (κ1) is 9.90. The van der Waals surface area contributed by atoms with Gasteiger partial charge in [0.15, 0.2) is 0 Å². The molecule has 1 aliphatic carbocycles. The van der Waals surface area contributed by atoms with Crippen LogP contribution in [0.3, 0.4) is 0 Å². The maximum Gasteiger partial charge on any atom is 0.252 e. The highest BCUT2D eigenvalue weighted by Gasteiger charge is 2.43. The summed E-state index contributed by atoms with van der Waals surface area (Å²) in [4.78, 5) is 0. The van der Waals surface area contributed by atoms with Gasteiger partial charge in [-0.25, -0.2) is 8.78 Å². The van der Waals surface area contributed by atoms with E-state index in [1.165, 1.54) is 0 Å². The molecule has 0 spiro atoms. The van der Waals surface area contributed by atoms with Gasteiger partial charge in [0.25, 0.3) is 5.92 Å². The van der Waals surface area contributed by atoms with E-state index in [9.17, 15) is 8.78 Å². The molecule has 72 valence electrons. The zero-order valence-electron chi connectivity index (χ0n) is 7.74. The van der Waals surface area contributed by atoms with Gasteiger partial charge in [-0.05, 0) is 26.8 Å². The smallest absolute Gasteiger partial charge is 0.252 e. The summed E-state index contributed by atoms with van der Waals surface area (Å²) in [5.41, 5.74) is 0. The van der Waals surface area contributed by atoms with Crippen molar-refractivity contribution in [3.05, 3.63) is 0 Å². The van der Waals surface area contributed by atoms with Crippen LogP contribution in [0.1, 0.15) is 32.6 Å². The van der Waals surface area contributed by atoms with E-state index in [1.807, 2.05) is 0 Å². The van der Waals surface area contributed by atoms with E-state index in [4.69, 9.17) is 0 Å². The maximum absolute atomic E-state index is 13.3. The van der Waals surface area contributed by atoms with Crippen LogP contribution in [0.25, 0.3) is 0 Å². The number of alkyl halides is 2. The van der Waals surface area contributed by atoms with Gasteiger partial charge in [-0.2, -0.15) is 0 Å². The minimum atomic E-state index is -2.44. The second kappa shape index (κ2) is 3.69. The molecule has 0 aromatic heterocycles. The van der Waals surface area contributed by atoms with Gasteiger partial charge in [0.2, 0.25) is 0 Å². The number of rotatable bonds is 4. The van der Waals surface area contributed by atoms with Crippen LogP contribution in [0.4, 0.5) is 8.78 Å². The predicted molar refractivity (Wildman–Crippen MR) is 45.4 cm³/mol. The zero-order chi connectivity index (χ0) is 9.19. The van der Waals surface area contributed by atoms with E-state index in [1.54, 1.807) is 14.0 Å². The average Bonchev–Trinajstić information content (AvgIpc) is 1.80. The first-order chi connectivity index (χ1) is 5.56. The quantitative estimate of drug-likeness (QED) is 0.695. The van der Waals surface area contributed by atoms with E-state index >= 15 is 0 Å². The first-order valence-corrected chi connectivity index (χ1v) is 4.61. The van der Waals surface area contributed by atoms with E-state index in [0.717, 1.165) is 6.42 Å². The van der Waals surface area contributed by atoms with E-state index < -0.39 is 5.92 Å². The lowest BCUT2D eigenvalue weighted by molar-refractivity contribution is -0.0977. The molecule has 1 fully saturated rings. The second-order valence-corrected chi connectivity index (χ2v) is 3.78. The van der Waals surface area contributed by atoms with Crippen molar-refractivity contribution < 1.29 is 8.78 Å². The summed E-state index contributed by atoms with van der Waals surface area (Å²) in [6.45, 7) is 1.80. The Balaban J connectivity index is 2.35. The Morgan fingerprint density at radius 2 is 2.08 bits per heavy atom. The Hall–Kier alpha value is -0.180. The van der Waals surface area contributed by atoms with Crippen molar-refractivity contribution in [1.29, 1.82) is 0 Å². The van der Waals surface area contributed by atoms with E-state index in [0.29, 0.717) is 12.8 Å². The molecule has 3 heteroatoms. The summed E-state index contributed by atoms with van der Waals surface area (Å²) in [5, 5.41) is 2.84. The topological polar surface area (TPSA) is 12.0 Å². The van der Waals surface area contributed by atoms with Gasteiger partial charge in [0.05, 0.1) is 0 Å². The molecule has 1 nitrogen and oxygen atoms in total. The van der Waals surface area contributed by atoms with Crippen molar-refractivity contribution in [2.75, 3.05) is 7.05 Å². The molecule has 0 aromatic rings. The fraction of sp³-hybridized carbons (Fsp3) is 1.00. The molecule has 12 heavy (non-hydrogen) atoms. The molecule has 0 heterocycles. The summed E-state index contributed by atoms with van der Waals surface area (Å²) in [7, 11) is 1.72. The van der Waals surface area contributed by atoms with Crippen molar-refractivity contribution in [3.8, 4) is 0 Å². The van der Waals surface area contributed by atoms with Crippen LogP contribution in [0.5, 0.6) is 0 Å². The van der Waals surface area contributed by atoms with Crippen LogP contribution in [0.15, 0.2) is 0 Å².